The number of halogens is 2. The molecule has 114 valence electrons. The van der Waals surface area contributed by atoms with Crippen molar-refractivity contribution in [1.82, 2.24) is 5.32 Å². The zero-order chi connectivity index (χ0) is 15.6. The first-order valence-corrected chi connectivity index (χ1v) is 9.58. The lowest BCUT2D eigenvalue weighted by Gasteiger charge is -2.11. The predicted molar refractivity (Wildman–Crippen MR) is 91.8 cm³/mol. The third-order valence-corrected chi connectivity index (χ3v) is 6.84. The second-order valence-electron chi connectivity index (χ2n) is 4.44. The Hall–Kier alpha value is -0.600. The molecule has 0 saturated heterocycles. The molecule has 0 aliphatic heterocycles. The molecule has 8 heteroatoms. The minimum Gasteiger partial charge on any atom is -0.315 e. The van der Waals surface area contributed by atoms with Crippen LogP contribution in [0.2, 0.25) is 5.02 Å². The fraction of sp³-hybridized carbons (Fsp3) is 0.231. The molecule has 0 spiro atoms. The fourth-order valence-electron chi connectivity index (χ4n) is 1.90. The quantitative estimate of drug-likeness (QED) is 0.785. The van der Waals surface area contributed by atoms with E-state index in [1.165, 1.54) is 11.3 Å². The SMILES string of the molecule is CNCc1scc(C)c1S(=O)(=O)Nc1ccc(Br)c(Cl)c1. The maximum atomic E-state index is 12.6. The van der Waals surface area contributed by atoms with Gasteiger partial charge in [-0.25, -0.2) is 8.42 Å². The van der Waals surface area contributed by atoms with Crippen LogP contribution < -0.4 is 10.0 Å². The van der Waals surface area contributed by atoms with Crippen LogP contribution in [0.5, 0.6) is 0 Å². The summed E-state index contributed by atoms with van der Waals surface area (Å²) >= 11 is 10.7. The number of hydrogen-bond donors (Lipinski definition) is 2. The van der Waals surface area contributed by atoms with E-state index < -0.39 is 10.0 Å². The van der Waals surface area contributed by atoms with Crippen molar-refractivity contribution in [3.05, 3.63) is 43.5 Å². The summed E-state index contributed by atoms with van der Waals surface area (Å²) in [6.45, 7) is 2.30. The molecule has 1 aromatic carbocycles. The lowest BCUT2D eigenvalue weighted by atomic mass is 10.3. The summed E-state index contributed by atoms with van der Waals surface area (Å²) in [5.41, 5.74) is 1.17. The van der Waals surface area contributed by atoms with Gasteiger partial charge in [-0.3, -0.25) is 4.72 Å². The van der Waals surface area contributed by atoms with Crippen molar-refractivity contribution in [2.24, 2.45) is 0 Å². The van der Waals surface area contributed by atoms with Crippen LogP contribution in [0.25, 0.3) is 0 Å². The van der Waals surface area contributed by atoms with Crippen LogP contribution in [0.15, 0.2) is 32.9 Å². The molecule has 0 fully saturated rings. The highest BCUT2D eigenvalue weighted by molar-refractivity contribution is 9.10. The van der Waals surface area contributed by atoms with E-state index in [1.807, 2.05) is 5.38 Å². The van der Waals surface area contributed by atoms with Crippen LogP contribution in [0, 0.1) is 6.92 Å². The Labute approximate surface area is 141 Å². The Morgan fingerprint density at radius 2 is 2.10 bits per heavy atom. The highest BCUT2D eigenvalue weighted by Crippen LogP contribution is 2.30. The van der Waals surface area contributed by atoms with E-state index in [4.69, 9.17) is 11.6 Å². The lowest BCUT2D eigenvalue weighted by Crippen LogP contribution is -2.16. The Morgan fingerprint density at radius 1 is 1.38 bits per heavy atom. The van der Waals surface area contributed by atoms with Gasteiger partial charge in [0.15, 0.2) is 0 Å². The summed E-state index contributed by atoms with van der Waals surface area (Å²) in [6.07, 6.45) is 0. The molecule has 0 amide bonds. The van der Waals surface area contributed by atoms with Gasteiger partial charge in [0.2, 0.25) is 0 Å². The smallest absolute Gasteiger partial charge is 0.263 e. The monoisotopic (exact) mass is 408 g/mol. The van der Waals surface area contributed by atoms with Crippen molar-refractivity contribution in [1.29, 1.82) is 0 Å². The van der Waals surface area contributed by atoms with Crippen molar-refractivity contribution in [3.63, 3.8) is 0 Å². The van der Waals surface area contributed by atoms with Crippen molar-refractivity contribution in [2.45, 2.75) is 18.4 Å². The van der Waals surface area contributed by atoms with Crippen molar-refractivity contribution in [2.75, 3.05) is 11.8 Å². The molecule has 0 radical (unpaired) electrons. The van der Waals surface area contributed by atoms with Gasteiger partial charge < -0.3 is 5.32 Å². The topological polar surface area (TPSA) is 58.2 Å². The first kappa shape index (κ1) is 16.8. The number of thiophene rings is 1. The first-order valence-electron chi connectivity index (χ1n) is 6.04. The van der Waals surface area contributed by atoms with E-state index in [9.17, 15) is 8.42 Å². The number of anilines is 1. The van der Waals surface area contributed by atoms with Gasteiger partial charge in [-0.05, 0) is 59.0 Å². The van der Waals surface area contributed by atoms with Gasteiger partial charge in [-0.1, -0.05) is 11.6 Å². The minimum absolute atomic E-state index is 0.334. The van der Waals surface area contributed by atoms with E-state index in [0.29, 0.717) is 22.2 Å². The summed E-state index contributed by atoms with van der Waals surface area (Å²) < 4.78 is 28.5. The highest BCUT2D eigenvalue weighted by atomic mass is 79.9. The Balaban J connectivity index is 2.38. The highest BCUT2D eigenvalue weighted by Gasteiger charge is 2.23. The standard InChI is InChI=1S/C13H14BrClN2O2S2/c1-8-7-20-12(6-16-2)13(8)21(18,19)17-9-3-4-10(14)11(15)5-9/h3-5,7,16-17H,6H2,1-2H3. The second kappa shape index (κ2) is 6.66. The molecule has 0 saturated carbocycles. The average molecular weight is 410 g/mol. The fourth-order valence-corrected chi connectivity index (χ4v) is 5.20. The van der Waals surface area contributed by atoms with E-state index in [0.717, 1.165) is 14.9 Å². The van der Waals surface area contributed by atoms with Gasteiger partial charge in [-0.2, -0.15) is 0 Å². The zero-order valence-corrected chi connectivity index (χ0v) is 15.4. The molecule has 0 aliphatic carbocycles. The van der Waals surface area contributed by atoms with Gasteiger partial charge in [0, 0.05) is 15.9 Å². The van der Waals surface area contributed by atoms with E-state index in [2.05, 4.69) is 26.0 Å². The summed E-state index contributed by atoms with van der Waals surface area (Å²) in [6, 6.07) is 4.94. The van der Waals surface area contributed by atoms with Crippen LogP contribution in [0.1, 0.15) is 10.4 Å². The molecule has 4 nitrogen and oxygen atoms in total. The molecule has 0 bridgehead atoms. The number of nitrogens with one attached hydrogen (secondary N) is 2. The Bertz CT molecular complexity index is 760. The maximum Gasteiger partial charge on any atom is 0.263 e. The number of sulfonamides is 1. The van der Waals surface area contributed by atoms with E-state index in [-0.39, 0.29) is 0 Å². The average Bonchev–Trinajstić information content (AvgIpc) is 2.76. The third-order valence-electron chi connectivity index (χ3n) is 2.77. The van der Waals surface area contributed by atoms with Crippen LogP contribution in [-0.2, 0) is 16.6 Å². The molecule has 0 aliphatic rings. The van der Waals surface area contributed by atoms with E-state index >= 15 is 0 Å². The normalized spacial score (nSPS) is 11.6. The molecule has 2 N–H and O–H groups in total. The number of aryl methyl sites for hydroxylation is 1. The minimum atomic E-state index is -3.64. The predicted octanol–water partition coefficient (Wildman–Crippen LogP) is 3.99. The molecular formula is C13H14BrClN2O2S2. The molecule has 1 heterocycles. The molecule has 2 aromatic rings. The summed E-state index contributed by atoms with van der Waals surface area (Å²) in [4.78, 5) is 1.12. The van der Waals surface area contributed by atoms with Gasteiger partial charge in [0.05, 0.1) is 10.7 Å². The maximum absolute atomic E-state index is 12.6. The van der Waals surface area contributed by atoms with Gasteiger partial charge in [-0.15, -0.1) is 11.3 Å². The molecule has 0 unspecified atom stereocenters. The van der Waals surface area contributed by atoms with Crippen molar-refractivity contribution >= 4 is 54.6 Å². The zero-order valence-electron chi connectivity index (χ0n) is 11.4. The van der Waals surface area contributed by atoms with Gasteiger partial charge in [0.25, 0.3) is 10.0 Å². The van der Waals surface area contributed by atoms with Crippen LogP contribution in [0.4, 0.5) is 5.69 Å². The molecule has 2 rings (SSSR count). The summed E-state index contributed by atoms with van der Waals surface area (Å²) in [5.74, 6) is 0. The number of rotatable bonds is 5. The molecule has 0 atom stereocenters. The molecular weight excluding hydrogens is 396 g/mol. The molecule has 1 aromatic heterocycles. The Morgan fingerprint density at radius 3 is 2.71 bits per heavy atom. The third kappa shape index (κ3) is 3.78. The summed E-state index contributed by atoms with van der Waals surface area (Å²) in [7, 11) is -1.85. The van der Waals surface area contributed by atoms with Crippen molar-refractivity contribution in [3.8, 4) is 0 Å². The van der Waals surface area contributed by atoms with Gasteiger partial charge in [0.1, 0.15) is 4.90 Å². The number of hydrogen-bond acceptors (Lipinski definition) is 4. The largest absolute Gasteiger partial charge is 0.315 e. The molecule has 21 heavy (non-hydrogen) atoms. The van der Waals surface area contributed by atoms with Gasteiger partial charge >= 0.3 is 0 Å². The second-order valence-corrected chi connectivity index (χ2v) is 8.28. The lowest BCUT2D eigenvalue weighted by molar-refractivity contribution is 0.599. The van der Waals surface area contributed by atoms with E-state index in [1.54, 1.807) is 32.2 Å². The summed E-state index contributed by atoms with van der Waals surface area (Å²) in [5, 5.41) is 5.28. The van der Waals surface area contributed by atoms with Crippen molar-refractivity contribution < 1.29 is 8.42 Å². The number of benzene rings is 1. The van der Waals surface area contributed by atoms with Crippen LogP contribution >= 0.6 is 38.9 Å². The first-order chi connectivity index (χ1) is 9.85. The van der Waals surface area contributed by atoms with Crippen LogP contribution in [-0.4, -0.2) is 15.5 Å². The van der Waals surface area contributed by atoms with Crippen LogP contribution in [0.3, 0.4) is 0 Å². The Kier molecular flexibility index (Phi) is 5.32.